The molecule has 0 saturated carbocycles. The van der Waals surface area contributed by atoms with E-state index in [-0.39, 0.29) is 15.9 Å². The molecule has 2 aromatic heterocycles. The minimum Gasteiger partial charge on any atom is -0.296 e. The smallest absolute Gasteiger partial charge is 0.270 e. The van der Waals surface area contributed by atoms with Gasteiger partial charge in [0.1, 0.15) is 10.7 Å². The molecule has 0 radical (unpaired) electrons. The summed E-state index contributed by atoms with van der Waals surface area (Å²) in [5.74, 6) is 0.787. The third-order valence-electron chi connectivity index (χ3n) is 4.33. The van der Waals surface area contributed by atoms with Gasteiger partial charge in [0, 0.05) is 42.1 Å². The highest BCUT2D eigenvalue weighted by atomic mass is 32.2. The molecule has 1 atom stereocenters. The molecule has 0 fully saturated rings. The summed E-state index contributed by atoms with van der Waals surface area (Å²) in [4.78, 5) is 22.3. The van der Waals surface area contributed by atoms with Crippen LogP contribution in [0.3, 0.4) is 0 Å². The first-order chi connectivity index (χ1) is 11.3. The minimum atomic E-state index is -1.40. The predicted octanol–water partition coefficient (Wildman–Crippen LogP) is 2.68. The number of fused-ring (bicyclic) bond motifs is 1. The molecule has 5 nitrogen and oxygen atoms in total. The molecule has 128 valence electrons. The second-order valence-electron chi connectivity index (χ2n) is 7.26. The second kappa shape index (κ2) is 6.24. The quantitative estimate of drug-likeness (QED) is 0.839. The molecule has 0 N–H and O–H groups in total. The van der Waals surface area contributed by atoms with Crippen LogP contribution in [0.2, 0.25) is 0 Å². The van der Waals surface area contributed by atoms with Crippen molar-refractivity contribution in [2.24, 2.45) is 0 Å². The lowest BCUT2D eigenvalue weighted by atomic mass is 9.91. The molecule has 3 heterocycles. The van der Waals surface area contributed by atoms with Crippen molar-refractivity contribution in [2.45, 2.75) is 56.9 Å². The number of aromatic nitrogens is 3. The average Bonchev–Trinajstić information content (AvgIpc) is 2.53. The van der Waals surface area contributed by atoms with E-state index >= 15 is 0 Å². The van der Waals surface area contributed by atoms with Crippen LogP contribution in [-0.2, 0) is 29.2 Å². The molecule has 0 aromatic carbocycles. The van der Waals surface area contributed by atoms with Crippen molar-refractivity contribution in [3.63, 3.8) is 0 Å². The van der Waals surface area contributed by atoms with Crippen molar-refractivity contribution in [1.29, 1.82) is 0 Å². The van der Waals surface area contributed by atoms with Crippen LogP contribution >= 0.6 is 0 Å². The number of nitrogens with zero attached hydrogens (tertiary/aromatic N) is 3. The molecule has 0 bridgehead atoms. The molecule has 1 aliphatic rings. The van der Waals surface area contributed by atoms with E-state index in [1.54, 1.807) is 10.8 Å². The highest BCUT2D eigenvalue weighted by Gasteiger charge is 2.23. The number of pyridine rings is 1. The van der Waals surface area contributed by atoms with E-state index in [2.05, 4.69) is 30.7 Å². The summed E-state index contributed by atoms with van der Waals surface area (Å²) in [5.41, 5.74) is 2.02. The fraction of sp³-hybridized carbons (Fsp3) is 0.500. The first-order valence-electron chi connectivity index (χ1n) is 8.23. The Balaban J connectivity index is 2.18. The Morgan fingerprint density at radius 3 is 2.54 bits per heavy atom. The van der Waals surface area contributed by atoms with Gasteiger partial charge < -0.3 is 0 Å². The van der Waals surface area contributed by atoms with Crippen molar-refractivity contribution in [3.8, 4) is 11.3 Å². The highest BCUT2D eigenvalue weighted by molar-refractivity contribution is 7.84. The Bertz CT molecular complexity index is 848. The maximum Gasteiger partial charge on any atom is 0.270 e. The van der Waals surface area contributed by atoms with E-state index in [1.165, 1.54) is 6.26 Å². The third kappa shape index (κ3) is 3.07. The minimum absolute atomic E-state index is 0.0439. The van der Waals surface area contributed by atoms with Crippen LogP contribution in [0.15, 0.2) is 28.0 Å². The van der Waals surface area contributed by atoms with Gasteiger partial charge in [-0.25, -0.2) is 4.98 Å². The van der Waals surface area contributed by atoms with Gasteiger partial charge in [-0.2, -0.15) is 0 Å². The third-order valence-corrected chi connectivity index (χ3v) is 5.27. The van der Waals surface area contributed by atoms with E-state index in [0.717, 1.165) is 36.3 Å². The van der Waals surface area contributed by atoms with Gasteiger partial charge >= 0.3 is 0 Å². The summed E-state index contributed by atoms with van der Waals surface area (Å²) in [6.07, 6.45) is 6.05. The van der Waals surface area contributed by atoms with Crippen molar-refractivity contribution in [3.05, 3.63) is 40.2 Å². The molecule has 6 heteroatoms. The van der Waals surface area contributed by atoms with Crippen LogP contribution in [0, 0.1) is 0 Å². The first-order valence-corrected chi connectivity index (χ1v) is 9.79. The Morgan fingerprint density at radius 1 is 1.21 bits per heavy atom. The number of aryl methyl sites for hydroxylation is 1. The van der Waals surface area contributed by atoms with Gasteiger partial charge in [-0.05, 0) is 25.0 Å². The van der Waals surface area contributed by atoms with Crippen LogP contribution in [0.1, 0.15) is 45.1 Å². The summed E-state index contributed by atoms with van der Waals surface area (Å²) < 4.78 is 13.9. The van der Waals surface area contributed by atoms with Crippen LogP contribution in [0.4, 0.5) is 0 Å². The standard InChI is InChI=1S/C18H23N3O2S/c1-18(2,3)13-9-8-12(11-19-13)15-16(24(4)23)17(22)21-10-6-5-7-14(21)20-15/h8-9,11H,5-7,10H2,1-4H3. The van der Waals surface area contributed by atoms with E-state index < -0.39 is 10.8 Å². The molecular weight excluding hydrogens is 322 g/mol. The fourth-order valence-electron chi connectivity index (χ4n) is 2.99. The van der Waals surface area contributed by atoms with Gasteiger partial charge in [-0.1, -0.05) is 20.8 Å². The number of hydrogen-bond donors (Lipinski definition) is 0. The fourth-order valence-corrected chi connectivity index (χ4v) is 3.78. The summed E-state index contributed by atoms with van der Waals surface area (Å²) in [6.45, 7) is 6.97. The number of rotatable bonds is 2. The molecule has 1 unspecified atom stereocenters. The Kier molecular flexibility index (Phi) is 4.42. The monoisotopic (exact) mass is 345 g/mol. The molecule has 0 aliphatic carbocycles. The van der Waals surface area contributed by atoms with Crippen LogP contribution in [0.25, 0.3) is 11.3 Å². The first kappa shape index (κ1) is 17.0. The summed E-state index contributed by atoms with van der Waals surface area (Å²) in [7, 11) is -1.40. The Labute approximate surface area is 144 Å². The van der Waals surface area contributed by atoms with Gasteiger partial charge in [-0.15, -0.1) is 0 Å². The normalized spacial score (nSPS) is 15.8. The van der Waals surface area contributed by atoms with Gasteiger partial charge in [-0.3, -0.25) is 18.6 Å². The van der Waals surface area contributed by atoms with Crippen molar-refractivity contribution >= 4 is 10.8 Å². The zero-order chi connectivity index (χ0) is 17.5. The lowest BCUT2D eigenvalue weighted by Gasteiger charge is -2.20. The molecular formula is C18H23N3O2S. The lowest BCUT2D eigenvalue weighted by Crippen LogP contribution is -2.31. The average molecular weight is 345 g/mol. The summed E-state index contributed by atoms with van der Waals surface area (Å²) >= 11 is 0. The molecule has 24 heavy (non-hydrogen) atoms. The lowest BCUT2D eigenvalue weighted by molar-refractivity contribution is 0.489. The van der Waals surface area contributed by atoms with Gasteiger partial charge in [0.25, 0.3) is 5.56 Å². The molecule has 1 aliphatic heterocycles. The van der Waals surface area contributed by atoms with Gasteiger partial charge in [0.15, 0.2) is 0 Å². The molecule has 2 aromatic rings. The van der Waals surface area contributed by atoms with E-state index in [1.807, 2.05) is 12.1 Å². The van der Waals surface area contributed by atoms with Crippen molar-refractivity contribution < 1.29 is 4.21 Å². The van der Waals surface area contributed by atoms with E-state index in [9.17, 15) is 9.00 Å². The number of hydrogen-bond acceptors (Lipinski definition) is 4. The highest BCUT2D eigenvalue weighted by Crippen LogP contribution is 2.26. The van der Waals surface area contributed by atoms with Crippen LogP contribution in [-0.4, -0.2) is 25.0 Å². The second-order valence-corrected chi connectivity index (χ2v) is 8.57. The maximum atomic E-state index is 12.8. The Hall–Kier alpha value is -1.82. The molecule has 0 spiro atoms. The van der Waals surface area contributed by atoms with Gasteiger partial charge in [0.05, 0.1) is 16.5 Å². The topological polar surface area (TPSA) is 64.8 Å². The largest absolute Gasteiger partial charge is 0.296 e. The van der Waals surface area contributed by atoms with Gasteiger partial charge in [0.2, 0.25) is 0 Å². The van der Waals surface area contributed by atoms with Crippen molar-refractivity contribution in [2.75, 3.05) is 6.26 Å². The predicted molar refractivity (Wildman–Crippen MR) is 95.7 cm³/mol. The summed E-state index contributed by atoms with van der Waals surface area (Å²) in [6, 6.07) is 3.88. The molecule has 3 rings (SSSR count). The maximum absolute atomic E-state index is 12.8. The zero-order valence-electron chi connectivity index (χ0n) is 14.6. The zero-order valence-corrected chi connectivity index (χ0v) is 15.4. The Morgan fingerprint density at radius 2 is 1.96 bits per heavy atom. The SMILES string of the molecule is CS(=O)c1c(-c2ccc(C(C)(C)C)nc2)nc2n(c1=O)CCCC2. The summed E-state index contributed by atoms with van der Waals surface area (Å²) in [5, 5.41) is 0. The molecule has 0 amide bonds. The van der Waals surface area contributed by atoms with Crippen LogP contribution in [0.5, 0.6) is 0 Å². The molecule has 0 saturated heterocycles. The van der Waals surface area contributed by atoms with Crippen molar-refractivity contribution in [1.82, 2.24) is 14.5 Å². The van der Waals surface area contributed by atoms with E-state index in [4.69, 9.17) is 0 Å². The van der Waals surface area contributed by atoms with E-state index in [0.29, 0.717) is 12.2 Å². The van der Waals surface area contributed by atoms with Crippen LogP contribution < -0.4 is 5.56 Å².